The zero-order valence-electron chi connectivity index (χ0n) is 13.0. The molecule has 3 heteroatoms. The minimum atomic E-state index is 0.295. The van der Waals surface area contributed by atoms with Crippen molar-refractivity contribution >= 4 is 21.8 Å². The van der Waals surface area contributed by atoms with Gasteiger partial charge in [0, 0.05) is 41.3 Å². The predicted molar refractivity (Wildman–Crippen MR) is 88.7 cm³/mol. The van der Waals surface area contributed by atoms with E-state index in [0.29, 0.717) is 18.4 Å². The highest BCUT2D eigenvalue weighted by Crippen LogP contribution is 2.32. The van der Waals surface area contributed by atoms with E-state index in [2.05, 4.69) is 53.0 Å². The molecule has 4 rings (SSSR count). The molecule has 0 fully saturated rings. The molecule has 0 bridgehead atoms. The molecule has 114 valence electrons. The molecule has 0 saturated heterocycles. The van der Waals surface area contributed by atoms with E-state index in [0.717, 1.165) is 19.4 Å². The average molecular weight is 295 g/mol. The summed E-state index contributed by atoms with van der Waals surface area (Å²) in [7, 11) is 0. The number of H-pyrrole nitrogens is 1. The number of aromatic nitrogens is 2. The van der Waals surface area contributed by atoms with Crippen LogP contribution in [0.3, 0.4) is 0 Å². The second kappa shape index (κ2) is 5.40. The molecule has 0 unspecified atom stereocenters. The standard InChI is InChI=1S/C19H22N2O/c1-2-13-12-21-9-7-16-15-5-3-4-6-17(15)20-19(16)18(21)11-14(13)8-10-22/h3-7,9,13-14,22H,2,8,10-12H2,1H3/p+1/t13-,14-/m0/s1. The summed E-state index contributed by atoms with van der Waals surface area (Å²) in [5.41, 5.74) is 3.89. The Morgan fingerprint density at radius 2 is 2.05 bits per heavy atom. The van der Waals surface area contributed by atoms with Crippen molar-refractivity contribution in [2.75, 3.05) is 6.61 Å². The molecule has 1 aromatic carbocycles. The van der Waals surface area contributed by atoms with Gasteiger partial charge in [0.25, 0.3) is 0 Å². The Balaban J connectivity index is 1.89. The lowest BCUT2D eigenvalue weighted by Crippen LogP contribution is -2.48. The molecular formula is C19H23N2O+. The molecular weight excluding hydrogens is 272 g/mol. The third-order valence-corrected chi connectivity index (χ3v) is 5.38. The molecule has 0 amide bonds. The second-order valence-electron chi connectivity index (χ2n) is 6.52. The number of fused-ring (bicyclic) bond motifs is 5. The van der Waals surface area contributed by atoms with Crippen LogP contribution < -0.4 is 4.57 Å². The van der Waals surface area contributed by atoms with Crippen molar-refractivity contribution in [3.63, 3.8) is 0 Å². The van der Waals surface area contributed by atoms with Crippen molar-refractivity contribution in [1.82, 2.24) is 4.98 Å². The minimum Gasteiger partial charge on any atom is -0.396 e. The molecule has 2 aromatic heterocycles. The first kappa shape index (κ1) is 13.8. The fraction of sp³-hybridized carbons (Fsp3) is 0.421. The topological polar surface area (TPSA) is 39.9 Å². The van der Waals surface area contributed by atoms with E-state index in [9.17, 15) is 5.11 Å². The monoisotopic (exact) mass is 295 g/mol. The maximum Gasteiger partial charge on any atom is 0.205 e. The van der Waals surface area contributed by atoms with E-state index in [4.69, 9.17) is 0 Å². The molecule has 3 aromatic rings. The summed E-state index contributed by atoms with van der Waals surface area (Å²) in [5, 5.41) is 12.0. The van der Waals surface area contributed by atoms with Crippen molar-refractivity contribution in [3.8, 4) is 0 Å². The summed E-state index contributed by atoms with van der Waals surface area (Å²) in [5.74, 6) is 1.26. The number of para-hydroxylation sites is 1. The number of rotatable bonds is 3. The maximum absolute atomic E-state index is 9.39. The van der Waals surface area contributed by atoms with Gasteiger partial charge >= 0.3 is 0 Å². The van der Waals surface area contributed by atoms with Crippen LogP contribution in [0.25, 0.3) is 21.8 Å². The first-order valence-electron chi connectivity index (χ1n) is 8.34. The molecule has 2 atom stereocenters. The summed E-state index contributed by atoms with van der Waals surface area (Å²) in [6, 6.07) is 10.8. The highest BCUT2D eigenvalue weighted by molar-refractivity contribution is 6.07. The lowest BCUT2D eigenvalue weighted by atomic mass is 9.81. The van der Waals surface area contributed by atoms with Crippen LogP contribution in [0.5, 0.6) is 0 Å². The van der Waals surface area contributed by atoms with E-state index >= 15 is 0 Å². The molecule has 0 saturated carbocycles. The van der Waals surface area contributed by atoms with Crippen molar-refractivity contribution in [2.24, 2.45) is 11.8 Å². The average Bonchev–Trinajstić information content (AvgIpc) is 2.93. The van der Waals surface area contributed by atoms with Crippen LogP contribution in [-0.2, 0) is 13.0 Å². The van der Waals surface area contributed by atoms with Crippen LogP contribution in [0.4, 0.5) is 0 Å². The van der Waals surface area contributed by atoms with E-state index in [1.54, 1.807) is 0 Å². The van der Waals surface area contributed by atoms with Crippen molar-refractivity contribution in [1.29, 1.82) is 0 Å². The van der Waals surface area contributed by atoms with Gasteiger partial charge in [0.2, 0.25) is 5.69 Å². The number of aromatic amines is 1. The van der Waals surface area contributed by atoms with Crippen molar-refractivity contribution < 1.29 is 9.67 Å². The van der Waals surface area contributed by atoms with Gasteiger partial charge in [-0.05, 0) is 24.8 Å². The largest absolute Gasteiger partial charge is 0.396 e. The van der Waals surface area contributed by atoms with Gasteiger partial charge in [-0.25, -0.2) is 4.57 Å². The summed E-state index contributed by atoms with van der Waals surface area (Å²) in [4.78, 5) is 3.62. The van der Waals surface area contributed by atoms with Gasteiger partial charge in [0.1, 0.15) is 5.52 Å². The lowest BCUT2D eigenvalue weighted by molar-refractivity contribution is -0.717. The number of benzene rings is 1. The number of nitrogens with zero attached hydrogens (tertiary/aromatic N) is 1. The Morgan fingerprint density at radius 1 is 1.18 bits per heavy atom. The van der Waals surface area contributed by atoms with Crippen LogP contribution in [0.2, 0.25) is 0 Å². The highest BCUT2D eigenvalue weighted by Gasteiger charge is 2.34. The quantitative estimate of drug-likeness (QED) is 0.716. The normalized spacial score (nSPS) is 21.4. The number of hydrogen-bond donors (Lipinski definition) is 2. The smallest absolute Gasteiger partial charge is 0.205 e. The second-order valence-corrected chi connectivity index (χ2v) is 6.52. The van der Waals surface area contributed by atoms with Crippen LogP contribution in [0, 0.1) is 11.8 Å². The van der Waals surface area contributed by atoms with E-state index in [1.807, 2.05) is 0 Å². The Bertz CT molecular complexity index is 821. The fourth-order valence-electron chi connectivity index (χ4n) is 4.14. The Kier molecular flexibility index (Phi) is 3.38. The summed E-state index contributed by atoms with van der Waals surface area (Å²) in [6.07, 6.45) is 5.40. The van der Waals surface area contributed by atoms with Crippen LogP contribution in [0.15, 0.2) is 36.5 Å². The molecule has 22 heavy (non-hydrogen) atoms. The van der Waals surface area contributed by atoms with Gasteiger partial charge < -0.3 is 10.1 Å². The Morgan fingerprint density at radius 3 is 2.86 bits per heavy atom. The SMILES string of the molecule is CC[C@H]1C[n+]2ccc3c([nH]c4ccccc43)c2C[C@@H]1CCO. The van der Waals surface area contributed by atoms with Gasteiger partial charge in [-0.15, -0.1) is 0 Å². The maximum atomic E-state index is 9.39. The number of aliphatic hydroxyl groups excluding tert-OH is 1. The van der Waals surface area contributed by atoms with Gasteiger partial charge in [-0.3, -0.25) is 0 Å². The third-order valence-electron chi connectivity index (χ3n) is 5.38. The molecule has 3 nitrogen and oxygen atoms in total. The van der Waals surface area contributed by atoms with E-state index in [-0.39, 0.29) is 0 Å². The third kappa shape index (κ3) is 2.03. The van der Waals surface area contributed by atoms with Crippen LogP contribution >= 0.6 is 0 Å². The molecule has 0 aliphatic carbocycles. The summed E-state index contributed by atoms with van der Waals surface area (Å²) < 4.78 is 2.42. The van der Waals surface area contributed by atoms with Gasteiger partial charge in [-0.2, -0.15) is 0 Å². The van der Waals surface area contributed by atoms with E-state index < -0.39 is 0 Å². The molecule has 3 heterocycles. The summed E-state index contributed by atoms with van der Waals surface area (Å²) >= 11 is 0. The first-order chi connectivity index (χ1) is 10.8. The molecule has 2 N–H and O–H groups in total. The summed E-state index contributed by atoms with van der Waals surface area (Å²) in [6.45, 7) is 3.63. The Labute approximate surface area is 130 Å². The predicted octanol–water partition coefficient (Wildman–Crippen LogP) is 3.19. The molecule has 1 aliphatic rings. The van der Waals surface area contributed by atoms with Gasteiger partial charge in [0.05, 0.1) is 0 Å². The zero-order valence-corrected chi connectivity index (χ0v) is 13.0. The number of pyridine rings is 1. The lowest BCUT2D eigenvalue weighted by Gasteiger charge is -2.28. The molecule has 0 spiro atoms. The fourth-order valence-corrected chi connectivity index (χ4v) is 4.14. The number of nitrogens with one attached hydrogen (secondary N) is 1. The van der Waals surface area contributed by atoms with E-state index in [1.165, 1.54) is 33.9 Å². The number of aliphatic hydroxyl groups is 1. The van der Waals surface area contributed by atoms with Crippen molar-refractivity contribution in [3.05, 3.63) is 42.2 Å². The highest BCUT2D eigenvalue weighted by atomic mass is 16.3. The first-order valence-corrected chi connectivity index (χ1v) is 8.34. The van der Waals surface area contributed by atoms with Crippen LogP contribution in [0.1, 0.15) is 25.5 Å². The number of hydrogen-bond acceptors (Lipinski definition) is 1. The molecule has 1 aliphatic heterocycles. The molecule has 0 radical (unpaired) electrons. The minimum absolute atomic E-state index is 0.295. The Hall–Kier alpha value is -1.87. The van der Waals surface area contributed by atoms with Crippen molar-refractivity contribution in [2.45, 2.75) is 32.7 Å². The van der Waals surface area contributed by atoms with Gasteiger partial charge in [-0.1, -0.05) is 25.1 Å². The van der Waals surface area contributed by atoms with Crippen LogP contribution in [-0.4, -0.2) is 16.7 Å². The van der Waals surface area contributed by atoms with Gasteiger partial charge in [0.15, 0.2) is 12.7 Å². The zero-order chi connectivity index (χ0) is 15.1.